The second kappa shape index (κ2) is 7.66. The number of carboxylic acids is 1. The fourth-order valence-electron chi connectivity index (χ4n) is 2.65. The third-order valence-corrected chi connectivity index (χ3v) is 4.79. The fraction of sp³-hybridized carbons (Fsp3) is 0.0526. The van der Waals surface area contributed by atoms with Crippen molar-refractivity contribution in [3.8, 4) is 28.5 Å². The van der Waals surface area contributed by atoms with Crippen LogP contribution in [0.15, 0.2) is 52.4 Å². The van der Waals surface area contributed by atoms with Crippen LogP contribution < -0.4 is 5.56 Å². The largest absolute Gasteiger partial charge is 0.478 e. The summed E-state index contributed by atoms with van der Waals surface area (Å²) in [6.07, 6.45) is 1.77. The molecule has 27 heavy (non-hydrogen) atoms. The van der Waals surface area contributed by atoms with Gasteiger partial charge < -0.3 is 10.1 Å². The second-order valence-electron chi connectivity index (χ2n) is 5.46. The monoisotopic (exact) mass is 397 g/mol. The van der Waals surface area contributed by atoms with Crippen molar-refractivity contribution in [1.82, 2.24) is 9.97 Å². The molecule has 0 aliphatic heterocycles. The summed E-state index contributed by atoms with van der Waals surface area (Å²) in [5.74, 6) is -1.12. The molecule has 8 heteroatoms. The van der Waals surface area contributed by atoms with Gasteiger partial charge in [0.05, 0.1) is 16.3 Å². The number of benzene rings is 2. The number of rotatable bonds is 4. The molecule has 0 spiro atoms. The van der Waals surface area contributed by atoms with E-state index in [1.807, 2.05) is 6.07 Å². The number of carbonyl (C=O) groups is 1. The average Bonchev–Trinajstić information content (AvgIpc) is 2.66. The van der Waals surface area contributed by atoms with E-state index in [0.29, 0.717) is 21.8 Å². The summed E-state index contributed by atoms with van der Waals surface area (Å²) in [6.45, 7) is 0. The first-order chi connectivity index (χ1) is 13.0. The third-order valence-electron chi connectivity index (χ3n) is 3.90. The Balaban J connectivity index is 2.27. The number of aromatic amines is 1. The number of hydrogen-bond acceptors (Lipinski definition) is 5. The van der Waals surface area contributed by atoms with Crippen LogP contribution in [0.1, 0.15) is 15.9 Å². The second-order valence-corrected chi connectivity index (χ2v) is 6.66. The Morgan fingerprint density at radius 1 is 1.26 bits per heavy atom. The topological polar surface area (TPSA) is 107 Å². The maximum Gasteiger partial charge on any atom is 0.337 e. The molecule has 0 amide bonds. The van der Waals surface area contributed by atoms with Crippen LogP contribution >= 0.6 is 23.4 Å². The Morgan fingerprint density at radius 2 is 1.96 bits per heavy atom. The molecule has 1 aromatic heterocycles. The smallest absolute Gasteiger partial charge is 0.337 e. The van der Waals surface area contributed by atoms with Crippen molar-refractivity contribution in [1.29, 1.82) is 5.26 Å². The Labute approximate surface area is 163 Å². The molecular formula is C19H12ClN3O3S. The van der Waals surface area contributed by atoms with Crippen molar-refractivity contribution in [2.24, 2.45) is 0 Å². The lowest BCUT2D eigenvalue weighted by molar-refractivity contribution is 0.0697. The van der Waals surface area contributed by atoms with Gasteiger partial charge in [0, 0.05) is 5.56 Å². The Kier molecular flexibility index (Phi) is 5.31. The number of H-pyrrole nitrogens is 1. The highest BCUT2D eigenvalue weighted by Gasteiger charge is 2.18. The predicted octanol–water partition coefficient (Wildman–Crippen LogP) is 4.05. The first-order valence-corrected chi connectivity index (χ1v) is 9.27. The lowest BCUT2D eigenvalue weighted by atomic mass is 9.95. The van der Waals surface area contributed by atoms with Crippen LogP contribution in [0.4, 0.5) is 0 Å². The summed E-state index contributed by atoms with van der Waals surface area (Å²) >= 11 is 7.35. The van der Waals surface area contributed by atoms with Crippen LogP contribution in [0.2, 0.25) is 5.02 Å². The number of aromatic nitrogens is 2. The Morgan fingerprint density at radius 3 is 2.56 bits per heavy atom. The van der Waals surface area contributed by atoms with Crippen LogP contribution in [0.5, 0.6) is 0 Å². The number of aromatic carboxylic acids is 1. The molecule has 0 aliphatic carbocycles. The van der Waals surface area contributed by atoms with Crippen LogP contribution in [-0.4, -0.2) is 27.3 Å². The quantitative estimate of drug-likeness (QED) is 0.508. The van der Waals surface area contributed by atoms with E-state index < -0.39 is 11.5 Å². The highest BCUT2D eigenvalue weighted by Crippen LogP contribution is 2.34. The summed E-state index contributed by atoms with van der Waals surface area (Å²) in [4.78, 5) is 30.4. The molecule has 134 valence electrons. The summed E-state index contributed by atoms with van der Waals surface area (Å²) in [7, 11) is 0. The maximum absolute atomic E-state index is 12.2. The van der Waals surface area contributed by atoms with Crippen molar-refractivity contribution < 1.29 is 9.90 Å². The van der Waals surface area contributed by atoms with Gasteiger partial charge in [0.15, 0.2) is 5.16 Å². The van der Waals surface area contributed by atoms with E-state index in [4.69, 9.17) is 16.7 Å². The SMILES string of the molecule is CSc1nc(-c2ccccc2-c2ccc(C(=O)O)c(Cl)c2)c(C#N)c(=O)[nH]1. The van der Waals surface area contributed by atoms with E-state index in [1.165, 1.54) is 17.8 Å². The molecule has 0 bridgehead atoms. The first kappa shape index (κ1) is 18.7. The molecule has 0 unspecified atom stereocenters. The molecule has 0 aliphatic rings. The van der Waals surface area contributed by atoms with Gasteiger partial charge in [-0.1, -0.05) is 53.7 Å². The maximum atomic E-state index is 12.2. The van der Waals surface area contributed by atoms with E-state index in [2.05, 4.69) is 9.97 Å². The minimum absolute atomic E-state index is 0.00504. The number of thioether (sulfide) groups is 1. The molecule has 0 radical (unpaired) electrons. The van der Waals surface area contributed by atoms with Gasteiger partial charge in [-0.25, -0.2) is 9.78 Å². The van der Waals surface area contributed by atoms with E-state index in [0.717, 1.165) is 0 Å². The number of hydrogen-bond donors (Lipinski definition) is 2. The van der Waals surface area contributed by atoms with Crippen molar-refractivity contribution in [2.45, 2.75) is 5.16 Å². The molecule has 2 N–H and O–H groups in total. The van der Waals surface area contributed by atoms with Crippen molar-refractivity contribution in [3.63, 3.8) is 0 Å². The van der Waals surface area contributed by atoms with Crippen molar-refractivity contribution in [3.05, 3.63) is 69.0 Å². The minimum Gasteiger partial charge on any atom is -0.478 e. The standard InChI is InChI=1S/C19H12ClN3O3S/c1-27-19-22-16(14(9-21)17(24)23-19)12-5-3-2-4-11(12)10-6-7-13(18(25)26)15(20)8-10/h2-8H,1H3,(H,25,26)(H,22,23,24). The van der Waals surface area contributed by atoms with Gasteiger partial charge in [-0.15, -0.1) is 0 Å². The molecule has 2 aromatic carbocycles. The predicted molar refractivity (Wildman–Crippen MR) is 104 cm³/mol. The Bertz CT molecular complexity index is 1150. The molecule has 1 heterocycles. The third kappa shape index (κ3) is 3.58. The zero-order chi connectivity index (χ0) is 19.6. The van der Waals surface area contributed by atoms with Gasteiger partial charge >= 0.3 is 5.97 Å². The average molecular weight is 398 g/mol. The molecule has 3 aromatic rings. The molecular weight excluding hydrogens is 386 g/mol. The van der Waals surface area contributed by atoms with Gasteiger partial charge in [-0.3, -0.25) is 4.79 Å². The zero-order valence-electron chi connectivity index (χ0n) is 14.0. The van der Waals surface area contributed by atoms with Crippen LogP contribution in [0.25, 0.3) is 22.4 Å². The number of halogens is 1. The minimum atomic E-state index is -1.12. The molecule has 0 saturated heterocycles. The van der Waals surface area contributed by atoms with Gasteiger partial charge in [0.25, 0.3) is 5.56 Å². The molecule has 6 nitrogen and oxygen atoms in total. The number of nitrogens with one attached hydrogen (secondary N) is 1. The van der Waals surface area contributed by atoms with E-state index in [9.17, 15) is 14.9 Å². The first-order valence-electron chi connectivity index (χ1n) is 7.67. The zero-order valence-corrected chi connectivity index (χ0v) is 15.6. The van der Waals surface area contributed by atoms with Gasteiger partial charge in [0.2, 0.25) is 0 Å². The van der Waals surface area contributed by atoms with Crippen molar-refractivity contribution >= 4 is 29.3 Å². The molecule has 3 rings (SSSR count). The highest BCUT2D eigenvalue weighted by atomic mass is 35.5. The summed E-state index contributed by atoms with van der Waals surface area (Å²) in [5, 5.41) is 19.1. The van der Waals surface area contributed by atoms with Crippen LogP contribution in [0.3, 0.4) is 0 Å². The van der Waals surface area contributed by atoms with E-state index in [1.54, 1.807) is 42.7 Å². The highest BCUT2D eigenvalue weighted by molar-refractivity contribution is 7.98. The molecule has 0 fully saturated rings. The van der Waals surface area contributed by atoms with Gasteiger partial charge in [0.1, 0.15) is 11.6 Å². The normalized spacial score (nSPS) is 10.4. The molecule has 0 saturated carbocycles. The fourth-order valence-corrected chi connectivity index (χ4v) is 3.28. The van der Waals surface area contributed by atoms with E-state index in [-0.39, 0.29) is 21.8 Å². The summed E-state index contributed by atoms with van der Waals surface area (Å²) in [5.41, 5.74) is 1.56. The number of nitriles is 1. The summed E-state index contributed by atoms with van der Waals surface area (Å²) < 4.78 is 0. The lowest BCUT2D eigenvalue weighted by Gasteiger charge is -2.12. The molecule has 0 atom stereocenters. The van der Waals surface area contributed by atoms with Gasteiger partial charge in [-0.2, -0.15) is 5.26 Å². The van der Waals surface area contributed by atoms with Crippen LogP contribution in [-0.2, 0) is 0 Å². The van der Waals surface area contributed by atoms with E-state index >= 15 is 0 Å². The number of nitrogens with zero attached hydrogens (tertiary/aromatic N) is 2. The van der Waals surface area contributed by atoms with Gasteiger partial charge in [-0.05, 0) is 29.5 Å². The Hall–Kier alpha value is -3.08. The number of carboxylic acid groups (broad SMARTS) is 1. The van der Waals surface area contributed by atoms with Crippen molar-refractivity contribution in [2.75, 3.05) is 6.26 Å². The summed E-state index contributed by atoms with van der Waals surface area (Å²) in [6, 6.07) is 13.6. The van der Waals surface area contributed by atoms with Crippen LogP contribution in [0, 0.1) is 11.3 Å². The lowest BCUT2D eigenvalue weighted by Crippen LogP contribution is -2.14.